The highest BCUT2D eigenvalue weighted by Gasteiger charge is 2.22. The highest BCUT2D eigenvalue weighted by Crippen LogP contribution is 2.20. The van der Waals surface area contributed by atoms with Gasteiger partial charge in [-0.1, -0.05) is 0 Å². The molecule has 1 saturated heterocycles. The summed E-state index contributed by atoms with van der Waals surface area (Å²) < 4.78 is 0. The number of hydrogen-bond acceptors (Lipinski definition) is 7. The summed E-state index contributed by atoms with van der Waals surface area (Å²) in [5, 5.41) is 14.5. The Bertz CT molecular complexity index is 466. The van der Waals surface area contributed by atoms with E-state index in [-0.39, 0.29) is 0 Å². The molecule has 0 radical (unpaired) electrons. The zero-order valence-corrected chi connectivity index (χ0v) is 12.6. The Labute approximate surface area is 122 Å². The summed E-state index contributed by atoms with van der Waals surface area (Å²) in [5.74, 6) is -1.06. The lowest BCUT2D eigenvalue weighted by Crippen LogP contribution is -2.52. The van der Waals surface area contributed by atoms with Crippen LogP contribution in [0.15, 0.2) is 5.38 Å². The van der Waals surface area contributed by atoms with E-state index < -0.39 is 12.0 Å². The van der Waals surface area contributed by atoms with Crippen molar-refractivity contribution in [2.24, 2.45) is 5.73 Å². The molecular formula is C12H21N5O2S. The summed E-state index contributed by atoms with van der Waals surface area (Å²) in [6, 6.07) is -0.625. The van der Waals surface area contributed by atoms with Crippen LogP contribution in [-0.2, 0) is 4.79 Å². The lowest BCUT2D eigenvalue weighted by molar-refractivity contribution is -0.138. The Kier molecular flexibility index (Phi) is 4.92. The maximum absolute atomic E-state index is 10.8. The first-order valence-corrected chi connectivity index (χ1v) is 7.42. The Hall–Kier alpha value is -1.22. The molecule has 0 spiro atoms. The average molecular weight is 299 g/mol. The van der Waals surface area contributed by atoms with Crippen LogP contribution in [0.3, 0.4) is 0 Å². The molecule has 0 amide bonds. The van der Waals surface area contributed by atoms with Crippen LogP contribution in [0.25, 0.3) is 0 Å². The first-order valence-electron chi connectivity index (χ1n) is 6.54. The van der Waals surface area contributed by atoms with E-state index in [1.165, 1.54) is 11.3 Å². The molecule has 7 nitrogen and oxygen atoms in total. The lowest BCUT2D eigenvalue weighted by Gasteiger charge is -2.37. The molecule has 2 rings (SSSR count). The van der Waals surface area contributed by atoms with Gasteiger partial charge in [-0.15, -0.1) is 11.3 Å². The highest BCUT2D eigenvalue weighted by atomic mass is 32.1. The number of likely N-dealkylation sites (N-methyl/N-ethyl adjacent to an activating group) is 2. The van der Waals surface area contributed by atoms with Crippen LogP contribution >= 0.6 is 11.3 Å². The number of aliphatic carboxylic acids is 1. The van der Waals surface area contributed by atoms with Crippen molar-refractivity contribution in [3.8, 4) is 0 Å². The van der Waals surface area contributed by atoms with Crippen LogP contribution in [0.4, 0.5) is 5.13 Å². The molecule has 1 aromatic heterocycles. The second-order valence-electron chi connectivity index (χ2n) is 5.17. The highest BCUT2D eigenvalue weighted by molar-refractivity contribution is 7.13. The average Bonchev–Trinajstić information content (AvgIpc) is 2.87. The van der Waals surface area contributed by atoms with Crippen molar-refractivity contribution in [2.45, 2.75) is 12.1 Å². The molecule has 1 fully saturated rings. The molecule has 1 aromatic rings. The molecule has 2 unspecified atom stereocenters. The van der Waals surface area contributed by atoms with E-state index in [0.717, 1.165) is 31.3 Å². The minimum Gasteiger partial charge on any atom is -0.480 e. The predicted molar refractivity (Wildman–Crippen MR) is 79.1 cm³/mol. The number of nitrogens with two attached hydrogens (primary N) is 1. The van der Waals surface area contributed by atoms with Crippen LogP contribution in [0.2, 0.25) is 0 Å². The van der Waals surface area contributed by atoms with E-state index in [1.807, 2.05) is 0 Å². The standard InChI is InChI=1S/C12H21N5O2S/c1-16-3-4-17(2)8(6-16)5-14-12-15-9(7-20-12)10(13)11(18)19/h7-8,10H,3-6,13H2,1-2H3,(H,14,15)(H,18,19). The van der Waals surface area contributed by atoms with Crippen LogP contribution in [-0.4, -0.2) is 72.2 Å². The zero-order chi connectivity index (χ0) is 14.7. The van der Waals surface area contributed by atoms with Crippen molar-refractivity contribution in [1.29, 1.82) is 0 Å². The predicted octanol–water partition coefficient (Wildman–Crippen LogP) is -0.115. The van der Waals surface area contributed by atoms with E-state index >= 15 is 0 Å². The quantitative estimate of drug-likeness (QED) is 0.698. The Balaban J connectivity index is 1.89. The second-order valence-corrected chi connectivity index (χ2v) is 6.03. The number of carbonyl (C=O) groups is 1. The Morgan fingerprint density at radius 2 is 2.40 bits per heavy atom. The molecule has 0 saturated carbocycles. The van der Waals surface area contributed by atoms with Gasteiger partial charge in [-0.3, -0.25) is 9.69 Å². The van der Waals surface area contributed by atoms with Crippen molar-refractivity contribution in [2.75, 3.05) is 45.6 Å². The maximum Gasteiger partial charge on any atom is 0.326 e. The summed E-state index contributed by atoms with van der Waals surface area (Å²) in [5.41, 5.74) is 5.93. The molecular weight excluding hydrogens is 278 g/mol. The Morgan fingerprint density at radius 1 is 1.65 bits per heavy atom. The minimum atomic E-state index is -1.06. The van der Waals surface area contributed by atoms with Crippen molar-refractivity contribution in [3.05, 3.63) is 11.1 Å². The molecule has 1 aliphatic rings. The molecule has 2 atom stereocenters. The minimum absolute atomic E-state index is 0.402. The number of nitrogens with zero attached hydrogens (tertiary/aromatic N) is 3. The molecule has 112 valence electrons. The fourth-order valence-electron chi connectivity index (χ4n) is 2.16. The number of anilines is 1. The van der Waals surface area contributed by atoms with Crippen molar-refractivity contribution >= 4 is 22.4 Å². The first kappa shape index (κ1) is 15.2. The van der Waals surface area contributed by atoms with Gasteiger partial charge in [-0.05, 0) is 14.1 Å². The van der Waals surface area contributed by atoms with E-state index in [2.05, 4.69) is 34.2 Å². The van der Waals surface area contributed by atoms with Gasteiger partial charge >= 0.3 is 5.97 Å². The van der Waals surface area contributed by atoms with Crippen LogP contribution in [0, 0.1) is 0 Å². The van der Waals surface area contributed by atoms with E-state index in [1.54, 1.807) is 5.38 Å². The molecule has 20 heavy (non-hydrogen) atoms. The van der Waals surface area contributed by atoms with Gasteiger partial charge in [0.05, 0.1) is 5.69 Å². The van der Waals surface area contributed by atoms with Gasteiger partial charge in [-0.25, -0.2) is 4.98 Å². The lowest BCUT2D eigenvalue weighted by atomic mass is 10.2. The smallest absolute Gasteiger partial charge is 0.326 e. The topological polar surface area (TPSA) is 94.7 Å². The third-order valence-electron chi connectivity index (χ3n) is 3.58. The Morgan fingerprint density at radius 3 is 3.10 bits per heavy atom. The molecule has 0 aromatic carbocycles. The van der Waals surface area contributed by atoms with Gasteiger partial charge in [0.1, 0.15) is 6.04 Å². The SMILES string of the molecule is CN1CCN(C)C(CNc2nc(C(N)C(=O)O)cs2)C1. The van der Waals surface area contributed by atoms with Crippen molar-refractivity contribution in [1.82, 2.24) is 14.8 Å². The van der Waals surface area contributed by atoms with Crippen LogP contribution in [0.5, 0.6) is 0 Å². The molecule has 8 heteroatoms. The molecule has 1 aliphatic heterocycles. The maximum atomic E-state index is 10.8. The van der Waals surface area contributed by atoms with Gasteiger partial charge in [0.25, 0.3) is 0 Å². The van der Waals surface area contributed by atoms with Crippen molar-refractivity contribution in [3.63, 3.8) is 0 Å². The third kappa shape index (κ3) is 3.66. The monoisotopic (exact) mass is 299 g/mol. The summed E-state index contributed by atoms with van der Waals surface area (Å²) in [6.45, 7) is 3.93. The molecule has 0 bridgehead atoms. The second kappa shape index (κ2) is 6.49. The van der Waals surface area contributed by atoms with Crippen molar-refractivity contribution < 1.29 is 9.90 Å². The normalized spacial score (nSPS) is 22.6. The van der Waals surface area contributed by atoms with E-state index in [4.69, 9.17) is 10.8 Å². The number of piperazine rings is 1. The number of nitrogens with one attached hydrogen (secondary N) is 1. The third-order valence-corrected chi connectivity index (χ3v) is 4.39. The summed E-state index contributed by atoms with van der Waals surface area (Å²) >= 11 is 1.39. The number of rotatable bonds is 5. The largest absolute Gasteiger partial charge is 0.480 e. The van der Waals surface area contributed by atoms with E-state index in [9.17, 15) is 4.79 Å². The number of hydrogen-bond donors (Lipinski definition) is 3. The van der Waals surface area contributed by atoms with Gasteiger partial charge in [-0.2, -0.15) is 0 Å². The van der Waals surface area contributed by atoms with Gasteiger partial charge < -0.3 is 21.1 Å². The van der Waals surface area contributed by atoms with Gasteiger partial charge in [0.15, 0.2) is 5.13 Å². The number of aromatic nitrogens is 1. The number of carboxylic acid groups (broad SMARTS) is 1. The van der Waals surface area contributed by atoms with Crippen LogP contribution < -0.4 is 11.1 Å². The van der Waals surface area contributed by atoms with Gasteiger partial charge in [0, 0.05) is 37.6 Å². The first-order chi connectivity index (χ1) is 9.47. The number of carboxylic acids is 1. The summed E-state index contributed by atoms with van der Waals surface area (Å²) in [6.07, 6.45) is 0. The summed E-state index contributed by atoms with van der Waals surface area (Å²) in [4.78, 5) is 19.7. The fourth-order valence-corrected chi connectivity index (χ4v) is 2.92. The molecule has 4 N–H and O–H groups in total. The van der Waals surface area contributed by atoms with E-state index in [0.29, 0.717) is 11.7 Å². The fraction of sp³-hybridized carbons (Fsp3) is 0.667. The molecule has 2 heterocycles. The van der Waals surface area contributed by atoms with Crippen LogP contribution in [0.1, 0.15) is 11.7 Å². The molecule has 0 aliphatic carbocycles. The van der Waals surface area contributed by atoms with Gasteiger partial charge in [0.2, 0.25) is 0 Å². The summed E-state index contributed by atoms with van der Waals surface area (Å²) in [7, 11) is 4.24. The zero-order valence-electron chi connectivity index (χ0n) is 11.7. The number of thiazole rings is 1.